The van der Waals surface area contributed by atoms with Gasteiger partial charge in [0.15, 0.2) is 0 Å². The van der Waals surface area contributed by atoms with E-state index in [9.17, 15) is 9.59 Å². The second-order valence-electron chi connectivity index (χ2n) is 5.39. The summed E-state index contributed by atoms with van der Waals surface area (Å²) in [5, 5.41) is 2.85. The summed E-state index contributed by atoms with van der Waals surface area (Å²) in [5.41, 5.74) is 2.94. The molecule has 0 saturated carbocycles. The zero-order valence-electron chi connectivity index (χ0n) is 13.5. The maximum absolute atomic E-state index is 12.0. The van der Waals surface area contributed by atoms with Crippen molar-refractivity contribution in [3.05, 3.63) is 59.9 Å². The van der Waals surface area contributed by atoms with Crippen LogP contribution in [-0.2, 0) is 16.1 Å². The molecule has 2 rings (SSSR count). The lowest BCUT2D eigenvalue weighted by Crippen LogP contribution is -2.33. The molecule has 0 aliphatic heterocycles. The van der Waals surface area contributed by atoms with Crippen LogP contribution >= 0.6 is 0 Å². The fourth-order valence-electron chi connectivity index (χ4n) is 2.20. The molecule has 5 heteroatoms. The van der Waals surface area contributed by atoms with Gasteiger partial charge in [0.25, 0.3) is 0 Å². The predicted octanol–water partition coefficient (Wildman–Crippen LogP) is 2.45. The van der Waals surface area contributed by atoms with E-state index >= 15 is 0 Å². The molecule has 0 unspecified atom stereocenters. The van der Waals surface area contributed by atoms with E-state index in [2.05, 4.69) is 10.3 Å². The molecule has 5 nitrogen and oxygen atoms in total. The number of aromatic nitrogens is 1. The molecule has 0 saturated heterocycles. The highest BCUT2D eigenvalue weighted by atomic mass is 16.2. The number of pyridine rings is 1. The molecule has 2 amide bonds. The van der Waals surface area contributed by atoms with Crippen LogP contribution in [-0.4, -0.2) is 23.3 Å². The Bertz CT molecular complexity index is 654. The highest BCUT2D eigenvalue weighted by Gasteiger charge is 2.13. The number of benzene rings is 1. The molecule has 0 spiro atoms. The molecule has 120 valence electrons. The zero-order valence-corrected chi connectivity index (χ0v) is 13.5. The summed E-state index contributed by atoms with van der Waals surface area (Å²) in [4.78, 5) is 29.3. The van der Waals surface area contributed by atoms with E-state index in [0.29, 0.717) is 13.1 Å². The average Bonchev–Trinajstić information content (AvgIpc) is 2.55. The molecule has 0 aliphatic rings. The quantitative estimate of drug-likeness (QED) is 0.891. The number of hydrogen-bond acceptors (Lipinski definition) is 3. The van der Waals surface area contributed by atoms with E-state index in [0.717, 1.165) is 16.8 Å². The van der Waals surface area contributed by atoms with Gasteiger partial charge in [0.1, 0.15) is 0 Å². The highest BCUT2D eigenvalue weighted by Crippen LogP contribution is 2.15. The van der Waals surface area contributed by atoms with E-state index in [1.807, 2.05) is 43.3 Å². The predicted molar refractivity (Wildman–Crippen MR) is 89.9 cm³/mol. The topological polar surface area (TPSA) is 62.3 Å². The van der Waals surface area contributed by atoms with E-state index in [-0.39, 0.29) is 18.2 Å². The number of carbonyl (C=O) groups is 2. The van der Waals surface area contributed by atoms with Crippen LogP contribution < -0.4 is 10.2 Å². The first-order valence-corrected chi connectivity index (χ1v) is 7.56. The van der Waals surface area contributed by atoms with Crippen LogP contribution in [0.2, 0.25) is 0 Å². The molecular formula is C18H21N3O2. The number of nitrogens with one attached hydrogen (secondary N) is 1. The Balaban J connectivity index is 1.87. The Morgan fingerprint density at radius 1 is 1.09 bits per heavy atom. The van der Waals surface area contributed by atoms with Crippen molar-refractivity contribution < 1.29 is 9.59 Å². The van der Waals surface area contributed by atoms with Crippen LogP contribution in [0.4, 0.5) is 5.69 Å². The van der Waals surface area contributed by atoms with Gasteiger partial charge >= 0.3 is 0 Å². The van der Waals surface area contributed by atoms with Crippen molar-refractivity contribution in [2.24, 2.45) is 0 Å². The lowest BCUT2D eigenvalue weighted by molar-refractivity contribution is -0.121. The van der Waals surface area contributed by atoms with E-state index in [4.69, 9.17) is 0 Å². The van der Waals surface area contributed by atoms with Gasteiger partial charge in [0, 0.05) is 44.5 Å². The Morgan fingerprint density at radius 2 is 1.74 bits per heavy atom. The third-order valence-electron chi connectivity index (χ3n) is 3.53. The van der Waals surface area contributed by atoms with Crippen LogP contribution in [0.1, 0.15) is 24.5 Å². The number of hydrogen-bond donors (Lipinski definition) is 1. The summed E-state index contributed by atoms with van der Waals surface area (Å²) in [6.45, 7) is 4.33. The Labute approximate surface area is 136 Å². The van der Waals surface area contributed by atoms with Gasteiger partial charge in [-0.05, 0) is 36.8 Å². The minimum absolute atomic E-state index is 0.0733. The monoisotopic (exact) mass is 311 g/mol. The molecule has 0 atom stereocenters. The van der Waals surface area contributed by atoms with Gasteiger partial charge in [-0.3, -0.25) is 14.6 Å². The number of aryl methyl sites for hydroxylation is 1. The van der Waals surface area contributed by atoms with Gasteiger partial charge in [0.05, 0.1) is 0 Å². The normalized spacial score (nSPS) is 10.2. The van der Waals surface area contributed by atoms with Crippen LogP contribution in [0.15, 0.2) is 48.8 Å². The standard InChI is InChI=1S/C18H21N3O2/c1-14-3-5-17(6-4-14)21(15(2)22)12-9-18(23)20-13-16-7-10-19-11-8-16/h3-8,10-11H,9,12-13H2,1-2H3,(H,20,23). The summed E-state index contributed by atoms with van der Waals surface area (Å²) in [7, 11) is 0. The SMILES string of the molecule is CC(=O)N(CCC(=O)NCc1ccncc1)c1ccc(C)cc1. The van der Waals surface area contributed by atoms with E-state index < -0.39 is 0 Å². The van der Waals surface area contributed by atoms with Crippen LogP contribution in [0.5, 0.6) is 0 Å². The van der Waals surface area contributed by atoms with E-state index in [1.54, 1.807) is 17.3 Å². The van der Waals surface area contributed by atoms with Crippen molar-refractivity contribution in [3.8, 4) is 0 Å². The average molecular weight is 311 g/mol. The minimum Gasteiger partial charge on any atom is -0.352 e. The molecule has 2 aromatic rings. The molecule has 0 radical (unpaired) electrons. The number of anilines is 1. The third kappa shape index (κ3) is 5.21. The molecule has 0 aliphatic carbocycles. The third-order valence-corrected chi connectivity index (χ3v) is 3.53. The van der Waals surface area contributed by atoms with Crippen molar-refractivity contribution >= 4 is 17.5 Å². The van der Waals surface area contributed by atoms with Crippen molar-refractivity contribution in [2.45, 2.75) is 26.8 Å². The highest BCUT2D eigenvalue weighted by molar-refractivity contribution is 5.92. The van der Waals surface area contributed by atoms with Crippen molar-refractivity contribution in [2.75, 3.05) is 11.4 Å². The first kappa shape index (κ1) is 16.7. The number of amides is 2. The van der Waals surface area contributed by atoms with Gasteiger partial charge in [-0.1, -0.05) is 17.7 Å². The van der Waals surface area contributed by atoms with Crippen molar-refractivity contribution in [1.82, 2.24) is 10.3 Å². The largest absolute Gasteiger partial charge is 0.352 e. The minimum atomic E-state index is -0.0832. The van der Waals surface area contributed by atoms with Crippen molar-refractivity contribution in [1.29, 1.82) is 0 Å². The Morgan fingerprint density at radius 3 is 2.35 bits per heavy atom. The molecule has 23 heavy (non-hydrogen) atoms. The molecule has 1 aromatic carbocycles. The Hall–Kier alpha value is -2.69. The lowest BCUT2D eigenvalue weighted by atomic mass is 10.2. The first-order chi connectivity index (χ1) is 11.1. The molecule has 0 bridgehead atoms. The molecule has 0 fully saturated rings. The summed E-state index contributed by atoms with van der Waals surface area (Å²) >= 11 is 0. The van der Waals surface area contributed by atoms with Crippen LogP contribution in [0.25, 0.3) is 0 Å². The maximum Gasteiger partial charge on any atom is 0.223 e. The van der Waals surface area contributed by atoms with Gasteiger partial charge < -0.3 is 10.2 Å². The van der Waals surface area contributed by atoms with Crippen LogP contribution in [0.3, 0.4) is 0 Å². The molecule has 1 heterocycles. The summed E-state index contributed by atoms with van der Waals surface area (Å²) < 4.78 is 0. The fourth-order valence-corrected chi connectivity index (χ4v) is 2.20. The lowest BCUT2D eigenvalue weighted by Gasteiger charge is -2.21. The van der Waals surface area contributed by atoms with Gasteiger partial charge in [0.2, 0.25) is 11.8 Å². The van der Waals surface area contributed by atoms with Crippen molar-refractivity contribution in [3.63, 3.8) is 0 Å². The maximum atomic E-state index is 12.0. The molecular weight excluding hydrogens is 290 g/mol. The molecule has 1 N–H and O–H groups in total. The number of carbonyl (C=O) groups excluding carboxylic acids is 2. The zero-order chi connectivity index (χ0) is 16.7. The number of nitrogens with zero attached hydrogens (tertiary/aromatic N) is 2. The number of rotatable bonds is 6. The first-order valence-electron chi connectivity index (χ1n) is 7.56. The summed E-state index contributed by atoms with van der Waals surface area (Å²) in [6.07, 6.45) is 3.64. The summed E-state index contributed by atoms with van der Waals surface area (Å²) in [5.74, 6) is -0.157. The second kappa shape index (κ2) is 8.08. The second-order valence-corrected chi connectivity index (χ2v) is 5.39. The fraction of sp³-hybridized carbons (Fsp3) is 0.278. The Kier molecular flexibility index (Phi) is 5.86. The van der Waals surface area contributed by atoms with Gasteiger partial charge in [-0.25, -0.2) is 0 Å². The van der Waals surface area contributed by atoms with Crippen LogP contribution in [0, 0.1) is 6.92 Å². The smallest absolute Gasteiger partial charge is 0.223 e. The summed E-state index contributed by atoms with van der Waals surface area (Å²) in [6, 6.07) is 11.4. The van der Waals surface area contributed by atoms with Gasteiger partial charge in [-0.2, -0.15) is 0 Å². The van der Waals surface area contributed by atoms with E-state index in [1.165, 1.54) is 6.92 Å². The van der Waals surface area contributed by atoms with Gasteiger partial charge in [-0.15, -0.1) is 0 Å². The molecule has 1 aromatic heterocycles.